The zero-order valence-corrected chi connectivity index (χ0v) is 11.6. The molecule has 0 spiro atoms. The Bertz CT molecular complexity index is 571. The average molecular weight is 276 g/mol. The molecule has 0 radical (unpaired) electrons. The number of aromatic nitrogens is 1. The van der Waals surface area contributed by atoms with Gasteiger partial charge in [-0.2, -0.15) is 0 Å². The van der Waals surface area contributed by atoms with E-state index >= 15 is 0 Å². The Labute approximate surface area is 121 Å². The van der Waals surface area contributed by atoms with E-state index < -0.39 is 0 Å². The zero-order chi connectivity index (χ0) is 13.4. The molecule has 2 atom stereocenters. The van der Waals surface area contributed by atoms with Gasteiger partial charge in [0.1, 0.15) is 5.82 Å². The van der Waals surface area contributed by atoms with Crippen LogP contribution in [0.5, 0.6) is 0 Å². The van der Waals surface area contributed by atoms with E-state index in [1.54, 1.807) is 6.07 Å². The van der Waals surface area contributed by atoms with Gasteiger partial charge in [-0.25, -0.2) is 4.39 Å². The third-order valence-electron chi connectivity index (χ3n) is 4.38. The van der Waals surface area contributed by atoms with Crippen molar-refractivity contribution >= 4 is 10.9 Å². The fraction of sp³-hybridized carbons (Fsp3) is 0.529. The molecule has 2 aromatic rings. The van der Waals surface area contributed by atoms with E-state index in [9.17, 15) is 4.39 Å². The van der Waals surface area contributed by atoms with Gasteiger partial charge in [-0.15, -0.1) is 0 Å². The van der Waals surface area contributed by atoms with Crippen molar-refractivity contribution in [2.45, 2.75) is 33.6 Å². The molecular formula is C17H25FN2. The minimum Gasteiger partial charge on any atom is -0.361 e. The van der Waals surface area contributed by atoms with Gasteiger partial charge in [0.15, 0.2) is 0 Å². The molecule has 110 valence electrons. The summed E-state index contributed by atoms with van der Waals surface area (Å²) in [5, 5.41) is 1.06. The topological polar surface area (TPSA) is 19.0 Å². The van der Waals surface area contributed by atoms with Gasteiger partial charge in [0, 0.05) is 23.6 Å². The number of aromatic amines is 1. The number of fused-ring (bicyclic) bond motifs is 1. The van der Waals surface area contributed by atoms with Crippen molar-refractivity contribution in [2.75, 3.05) is 19.6 Å². The Morgan fingerprint density at radius 1 is 1.30 bits per heavy atom. The highest BCUT2D eigenvalue weighted by atomic mass is 19.1. The van der Waals surface area contributed by atoms with Crippen molar-refractivity contribution in [3.8, 4) is 0 Å². The number of hydrogen-bond acceptors (Lipinski definition) is 1. The molecule has 1 aliphatic rings. The molecule has 3 heteroatoms. The first-order valence-corrected chi connectivity index (χ1v) is 7.21. The van der Waals surface area contributed by atoms with Crippen molar-refractivity contribution < 1.29 is 4.39 Å². The predicted octanol–water partition coefficient (Wildman–Crippen LogP) is 4.39. The van der Waals surface area contributed by atoms with E-state index in [2.05, 4.69) is 29.9 Å². The van der Waals surface area contributed by atoms with Crippen LogP contribution in [-0.4, -0.2) is 29.5 Å². The van der Waals surface area contributed by atoms with Gasteiger partial charge in [0.25, 0.3) is 0 Å². The van der Waals surface area contributed by atoms with Crippen LogP contribution in [0.15, 0.2) is 24.4 Å². The second-order valence-electron chi connectivity index (χ2n) is 5.52. The second-order valence-corrected chi connectivity index (χ2v) is 5.52. The minimum absolute atomic E-state index is 0. The molecule has 1 aliphatic carbocycles. The largest absolute Gasteiger partial charge is 0.361 e. The number of hydrogen-bond donors (Lipinski definition) is 1. The summed E-state index contributed by atoms with van der Waals surface area (Å²) >= 11 is 0. The maximum absolute atomic E-state index is 13.4. The van der Waals surface area contributed by atoms with Crippen LogP contribution in [-0.2, 0) is 0 Å². The fourth-order valence-corrected chi connectivity index (χ4v) is 3.06. The molecule has 1 fully saturated rings. The highest BCUT2D eigenvalue weighted by Crippen LogP contribution is 2.49. The molecule has 1 N–H and O–H groups in total. The first kappa shape index (κ1) is 15.0. The lowest BCUT2D eigenvalue weighted by molar-refractivity contribution is 0.289. The van der Waals surface area contributed by atoms with Crippen LogP contribution in [0.3, 0.4) is 0 Å². The molecular weight excluding hydrogens is 251 g/mol. The van der Waals surface area contributed by atoms with Gasteiger partial charge in [0.2, 0.25) is 0 Å². The van der Waals surface area contributed by atoms with Gasteiger partial charge < -0.3 is 9.88 Å². The van der Waals surface area contributed by atoms with Gasteiger partial charge in [0.05, 0.1) is 0 Å². The van der Waals surface area contributed by atoms with Gasteiger partial charge >= 0.3 is 0 Å². The summed E-state index contributed by atoms with van der Waals surface area (Å²) < 4.78 is 13.4. The predicted molar refractivity (Wildman–Crippen MR) is 83.6 cm³/mol. The number of rotatable bonds is 5. The molecule has 0 amide bonds. The zero-order valence-electron chi connectivity index (χ0n) is 11.6. The molecule has 1 heterocycles. The summed E-state index contributed by atoms with van der Waals surface area (Å²) in [4.78, 5) is 5.73. The Morgan fingerprint density at radius 3 is 2.75 bits per heavy atom. The molecule has 1 saturated carbocycles. The van der Waals surface area contributed by atoms with Gasteiger partial charge in [-0.05, 0) is 55.1 Å². The summed E-state index contributed by atoms with van der Waals surface area (Å²) in [5.41, 5.74) is 2.34. The molecule has 2 nitrogen and oxygen atoms in total. The molecule has 0 aliphatic heterocycles. The van der Waals surface area contributed by atoms with Crippen LogP contribution in [0, 0.1) is 11.7 Å². The number of nitrogens with one attached hydrogen (secondary N) is 1. The molecule has 1 aromatic heterocycles. The van der Waals surface area contributed by atoms with Gasteiger partial charge in [-0.1, -0.05) is 21.3 Å². The van der Waals surface area contributed by atoms with E-state index in [1.165, 1.54) is 24.6 Å². The Balaban J connectivity index is 0.00000147. The summed E-state index contributed by atoms with van der Waals surface area (Å²) in [6, 6.07) is 5.01. The number of nitrogens with zero attached hydrogens (tertiary/aromatic N) is 1. The van der Waals surface area contributed by atoms with Crippen LogP contribution in [0.2, 0.25) is 0 Å². The monoisotopic (exact) mass is 276 g/mol. The number of benzene rings is 1. The van der Waals surface area contributed by atoms with Crippen molar-refractivity contribution in [1.82, 2.24) is 9.88 Å². The van der Waals surface area contributed by atoms with E-state index in [1.807, 2.05) is 6.07 Å². The molecule has 2 unspecified atom stereocenters. The summed E-state index contributed by atoms with van der Waals surface area (Å²) in [6.07, 6.45) is 3.30. The van der Waals surface area contributed by atoms with Crippen LogP contribution >= 0.6 is 0 Å². The number of halogens is 1. The molecule has 1 aromatic carbocycles. The molecule has 0 bridgehead atoms. The van der Waals surface area contributed by atoms with Crippen LogP contribution in [0.1, 0.15) is 39.2 Å². The van der Waals surface area contributed by atoms with Crippen LogP contribution in [0.4, 0.5) is 4.39 Å². The highest BCUT2D eigenvalue weighted by molar-refractivity contribution is 5.84. The van der Waals surface area contributed by atoms with Crippen molar-refractivity contribution in [1.29, 1.82) is 0 Å². The maximum atomic E-state index is 13.4. The first-order valence-electron chi connectivity index (χ1n) is 7.21. The Morgan fingerprint density at radius 2 is 2.05 bits per heavy atom. The van der Waals surface area contributed by atoms with Crippen molar-refractivity contribution in [2.24, 2.45) is 5.92 Å². The van der Waals surface area contributed by atoms with Crippen molar-refractivity contribution in [3.63, 3.8) is 0 Å². The van der Waals surface area contributed by atoms with Crippen molar-refractivity contribution in [3.05, 3.63) is 35.8 Å². The van der Waals surface area contributed by atoms with E-state index in [-0.39, 0.29) is 13.2 Å². The standard InChI is InChI=1S/C16H21FN2.CH4/c1-3-19(4-2)10-11-7-13(11)15-9-18-16-6-5-12(17)8-14(15)16;/h5-6,8-9,11,13,18H,3-4,7,10H2,1-2H3;1H4. The smallest absolute Gasteiger partial charge is 0.123 e. The number of H-pyrrole nitrogens is 1. The lowest BCUT2D eigenvalue weighted by Gasteiger charge is -2.17. The van der Waals surface area contributed by atoms with Gasteiger partial charge in [-0.3, -0.25) is 0 Å². The highest BCUT2D eigenvalue weighted by Gasteiger charge is 2.40. The fourth-order valence-electron chi connectivity index (χ4n) is 3.06. The lowest BCUT2D eigenvalue weighted by atomic mass is 10.1. The maximum Gasteiger partial charge on any atom is 0.123 e. The quantitative estimate of drug-likeness (QED) is 0.858. The first-order chi connectivity index (χ1) is 9.22. The van der Waals surface area contributed by atoms with Crippen LogP contribution < -0.4 is 0 Å². The minimum atomic E-state index is -0.144. The summed E-state index contributed by atoms with van der Waals surface area (Å²) in [7, 11) is 0. The van der Waals surface area contributed by atoms with E-state index in [0.717, 1.165) is 29.9 Å². The average Bonchev–Trinajstić information content (AvgIpc) is 3.06. The summed E-state index contributed by atoms with van der Waals surface area (Å²) in [5.74, 6) is 1.20. The Hall–Kier alpha value is -1.35. The van der Waals surface area contributed by atoms with Crippen LogP contribution in [0.25, 0.3) is 10.9 Å². The second kappa shape index (κ2) is 5.96. The molecule has 3 rings (SSSR count). The normalized spacial score (nSPS) is 21.2. The SMILES string of the molecule is C.CCN(CC)CC1CC1c1c[nH]c2ccc(F)cc12. The molecule has 20 heavy (non-hydrogen) atoms. The summed E-state index contributed by atoms with van der Waals surface area (Å²) in [6.45, 7) is 7.81. The lowest BCUT2D eigenvalue weighted by Crippen LogP contribution is -2.25. The van der Waals surface area contributed by atoms with E-state index in [4.69, 9.17) is 0 Å². The van der Waals surface area contributed by atoms with E-state index in [0.29, 0.717) is 5.92 Å². The molecule has 0 saturated heterocycles. The third-order valence-corrected chi connectivity index (χ3v) is 4.38. The Kier molecular flexibility index (Phi) is 4.48. The third kappa shape index (κ3) is 2.73.